The molecule has 6 heteroatoms. The Hall–Kier alpha value is -1.66. The Morgan fingerprint density at radius 3 is 1.22 bits per heavy atom. The molecule has 0 heterocycles. The van der Waals surface area contributed by atoms with E-state index in [1.54, 1.807) is 0 Å². The molecule has 6 nitrogen and oxygen atoms in total. The second kappa shape index (κ2) is 52.3. The molecule has 0 fully saturated rings. The highest BCUT2D eigenvalue weighted by atomic mass is 16.5. The predicted molar refractivity (Wildman–Crippen MR) is 278 cm³/mol. The Labute approximate surface area is 399 Å². The van der Waals surface area contributed by atoms with Crippen molar-refractivity contribution in [2.24, 2.45) is 0 Å². The topological polar surface area (TPSA) is 95.9 Å². The third-order valence-corrected chi connectivity index (χ3v) is 13.3. The van der Waals surface area contributed by atoms with Crippen molar-refractivity contribution in [1.82, 2.24) is 5.32 Å². The Morgan fingerprint density at radius 1 is 0.453 bits per heavy atom. The maximum atomic E-state index is 13.3. The van der Waals surface area contributed by atoms with Gasteiger partial charge in [-0.1, -0.05) is 263 Å². The zero-order chi connectivity index (χ0) is 46.7. The number of aliphatic hydroxyl groups excluding tert-OH is 2. The highest BCUT2D eigenvalue weighted by molar-refractivity contribution is 5.77. The number of carbonyl (C=O) groups excluding carboxylic acids is 2. The number of amides is 1. The van der Waals surface area contributed by atoms with Crippen LogP contribution >= 0.6 is 0 Å². The number of hydrogen-bond acceptors (Lipinski definition) is 5. The molecular formula is C58H111NO5. The molecule has 0 bridgehead atoms. The zero-order valence-electron chi connectivity index (χ0n) is 43.2. The Balaban J connectivity index is 4.55. The van der Waals surface area contributed by atoms with Gasteiger partial charge >= 0.3 is 5.97 Å². The molecule has 3 atom stereocenters. The van der Waals surface area contributed by atoms with E-state index in [4.69, 9.17) is 4.74 Å². The second-order valence-electron chi connectivity index (χ2n) is 19.7. The van der Waals surface area contributed by atoms with Crippen molar-refractivity contribution in [3.63, 3.8) is 0 Å². The van der Waals surface area contributed by atoms with Gasteiger partial charge in [-0.2, -0.15) is 0 Å². The van der Waals surface area contributed by atoms with Crippen LogP contribution in [-0.4, -0.2) is 46.9 Å². The highest BCUT2D eigenvalue weighted by Gasteiger charge is 2.24. The first-order valence-corrected chi connectivity index (χ1v) is 28.6. The van der Waals surface area contributed by atoms with Gasteiger partial charge in [-0.3, -0.25) is 9.59 Å². The van der Waals surface area contributed by atoms with Crippen LogP contribution in [0.1, 0.15) is 310 Å². The second-order valence-corrected chi connectivity index (χ2v) is 19.7. The van der Waals surface area contributed by atoms with Crippen LogP contribution in [-0.2, 0) is 14.3 Å². The van der Waals surface area contributed by atoms with Crippen LogP contribution in [0.25, 0.3) is 0 Å². The zero-order valence-corrected chi connectivity index (χ0v) is 43.2. The van der Waals surface area contributed by atoms with Crippen LogP contribution < -0.4 is 5.32 Å². The molecule has 0 saturated heterocycles. The highest BCUT2D eigenvalue weighted by Crippen LogP contribution is 2.19. The van der Waals surface area contributed by atoms with Crippen molar-refractivity contribution in [2.75, 3.05) is 6.61 Å². The molecule has 0 rings (SSSR count). The fraction of sp³-hybridized carbons (Fsp3) is 0.897. The monoisotopic (exact) mass is 902 g/mol. The van der Waals surface area contributed by atoms with Crippen molar-refractivity contribution in [3.05, 3.63) is 24.3 Å². The van der Waals surface area contributed by atoms with E-state index < -0.39 is 18.2 Å². The first-order chi connectivity index (χ1) is 31.5. The summed E-state index contributed by atoms with van der Waals surface area (Å²) in [5.74, 6) is -0.462. The van der Waals surface area contributed by atoms with E-state index in [2.05, 4.69) is 50.4 Å². The van der Waals surface area contributed by atoms with Crippen LogP contribution in [0.3, 0.4) is 0 Å². The van der Waals surface area contributed by atoms with Crippen LogP contribution in [0.4, 0.5) is 0 Å². The number of allylic oxidation sites excluding steroid dienone is 4. The standard InChI is InChI=1S/C58H111NO5/c1-4-7-10-13-16-19-22-25-28-29-30-31-34-37-40-43-46-49-54(64-58(63)51-48-45-42-39-36-33-27-24-21-18-15-12-9-6-3)52-57(62)59-55(53-60)56(61)50-47-44-41-38-35-32-26-23-20-17-14-11-8-5-2/h16,19,25,28,54-56,60-61H,4-15,17-18,20-24,26-27,29-53H2,1-3H3,(H,59,62)/b19-16-,28-25-. The Bertz CT molecular complexity index is 1010. The van der Waals surface area contributed by atoms with Crippen LogP contribution in [0.15, 0.2) is 24.3 Å². The fourth-order valence-corrected chi connectivity index (χ4v) is 8.93. The number of nitrogens with one attached hydrogen (secondary N) is 1. The molecule has 1 amide bonds. The molecule has 0 aliphatic heterocycles. The quantitative estimate of drug-likeness (QED) is 0.0321. The molecule has 0 aromatic rings. The number of hydrogen-bond donors (Lipinski definition) is 3. The Kier molecular flexibility index (Phi) is 51.0. The van der Waals surface area contributed by atoms with E-state index in [1.165, 1.54) is 199 Å². The summed E-state index contributed by atoms with van der Waals surface area (Å²) in [4.78, 5) is 26.2. The van der Waals surface area contributed by atoms with Crippen molar-refractivity contribution in [2.45, 2.75) is 328 Å². The summed E-state index contributed by atoms with van der Waals surface area (Å²) in [7, 11) is 0. The lowest BCUT2D eigenvalue weighted by atomic mass is 10.0. The summed E-state index contributed by atoms with van der Waals surface area (Å²) in [5.41, 5.74) is 0. The van der Waals surface area contributed by atoms with Crippen LogP contribution in [0.2, 0.25) is 0 Å². The van der Waals surface area contributed by atoms with Crippen molar-refractivity contribution in [1.29, 1.82) is 0 Å². The van der Waals surface area contributed by atoms with E-state index in [-0.39, 0.29) is 24.9 Å². The van der Waals surface area contributed by atoms with Gasteiger partial charge in [0.25, 0.3) is 0 Å². The molecule has 0 aliphatic rings. The van der Waals surface area contributed by atoms with Gasteiger partial charge in [0.1, 0.15) is 6.10 Å². The summed E-state index contributed by atoms with van der Waals surface area (Å²) < 4.78 is 5.96. The minimum absolute atomic E-state index is 0.0781. The van der Waals surface area contributed by atoms with Crippen LogP contribution in [0, 0.1) is 0 Å². The first-order valence-electron chi connectivity index (χ1n) is 28.6. The number of rotatable bonds is 52. The fourth-order valence-electron chi connectivity index (χ4n) is 8.93. The number of ether oxygens (including phenoxy) is 1. The van der Waals surface area contributed by atoms with Gasteiger partial charge < -0.3 is 20.3 Å². The minimum atomic E-state index is -0.786. The minimum Gasteiger partial charge on any atom is -0.462 e. The molecule has 0 saturated carbocycles. The van der Waals surface area contributed by atoms with Crippen LogP contribution in [0.5, 0.6) is 0 Å². The van der Waals surface area contributed by atoms with Gasteiger partial charge in [-0.15, -0.1) is 0 Å². The summed E-state index contributed by atoms with van der Waals surface area (Å²) in [5, 5.41) is 23.9. The van der Waals surface area contributed by atoms with Gasteiger partial charge in [0.2, 0.25) is 5.91 Å². The molecule has 3 unspecified atom stereocenters. The molecule has 0 aromatic heterocycles. The largest absolute Gasteiger partial charge is 0.462 e. The molecular weight excluding hydrogens is 791 g/mol. The van der Waals surface area contributed by atoms with E-state index in [9.17, 15) is 19.8 Å². The van der Waals surface area contributed by atoms with Gasteiger partial charge in [-0.25, -0.2) is 0 Å². The summed E-state index contributed by atoms with van der Waals surface area (Å²) >= 11 is 0. The molecule has 3 N–H and O–H groups in total. The summed E-state index contributed by atoms with van der Waals surface area (Å²) in [6.07, 6.45) is 60.9. The average Bonchev–Trinajstić information content (AvgIpc) is 3.29. The number of aliphatic hydroxyl groups is 2. The molecule has 64 heavy (non-hydrogen) atoms. The third kappa shape index (κ3) is 46.9. The predicted octanol–water partition coefficient (Wildman–Crippen LogP) is 17.5. The maximum Gasteiger partial charge on any atom is 0.306 e. The number of carbonyl (C=O) groups is 2. The Morgan fingerprint density at radius 2 is 0.797 bits per heavy atom. The average molecular weight is 903 g/mol. The smallest absolute Gasteiger partial charge is 0.306 e. The maximum absolute atomic E-state index is 13.3. The summed E-state index contributed by atoms with van der Waals surface area (Å²) in [6, 6.07) is -0.700. The molecule has 0 aromatic carbocycles. The molecule has 0 radical (unpaired) electrons. The van der Waals surface area contributed by atoms with Crippen molar-refractivity contribution in [3.8, 4) is 0 Å². The number of esters is 1. The third-order valence-electron chi connectivity index (χ3n) is 13.3. The normalized spacial score (nSPS) is 13.3. The lowest BCUT2D eigenvalue weighted by Gasteiger charge is -2.24. The van der Waals surface area contributed by atoms with Gasteiger partial charge in [0.05, 0.1) is 25.2 Å². The van der Waals surface area contributed by atoms with Crippen molar-refractivity contribution >= 4 is 11.9 Å². The SMILES string of the molecule is CCCCC/C=C\C/C=C\CCCCCCCCCC(CC(=O)NC(CO)C(O)CCCCCCCCCCCCCCCC)OC(=O)CCCCCCCCCCCCCCCC. The van der Waals surface area contributed by atoms with Gasteiger partial charge in [-0.05, 0) is 57.8 Å². The molecule has 0 spiro atoms. The first kappa shape index (κ1) is 62.3. The van der Waals surface area contributed by atoms with E-state index in [0.717, 1.165) is 64.2 Å². The van der Waals surface area contributed by atoms with E-state index in [1.807, 2.05) is 0 Å². The van der Waals surface area contributed by atoms with E-state index in [0.29, 0.717) is 19.3 Å². The lowest BCUT2D eigenvalue weighted by Crippen LogP contribution is -2.46. The summed E-state index contributed by atoms with van der Waals surface area (Å²) in [6.45, 7) is 6.49. The lowest BCUT2D eigenvalue weighted by molar-refractivity contribution is -0.151. The van der Waals surface area contributed by atoms with Gasteiger partial charge in [0.15, 0.2) is 0 Å². The molecule has 378 valence electrons. The molecule has 0 aliphatic carbocycles. The van der Waals surface area contributed by atoms with E-state index >= 15 is 0 Å². The van der Waals surface area contributed by atoms with Gasteiger partial charge in [0, 0.05) is 6.42 Å². The number of unbranched alkanes of at least 4 members (excludes halogenated alkanes) is 36. The van der Waals surface area contributed by atoms with Crippen molar-refractivity contribution < 1.29 is 24.5 Å².